The van der Waals surface area contributed by atoms with Crippen LogP contribution in [0.25, 0.3) is 0 Å². The largest absolute Gasteiger partial charge is 0.293 e. The number of Topliss-reactive ketones (excluding diaryl/α,β-unsaturated/α-hetero) is 1. The summed E-state index contributed by atoms with van der Waals surface area (Å²) in [5.41, 5.74) is 3.47. The van der Waals surface area contributed by atoms with Gasteiger partial charge in [-0.05, 0) is 31.3 Å². The number of carbonyl (C=O) groups excluding carboxylic acids is 1. The maximum atomic E-state index is 12.0. The minimum Gasteiger partial charge on any atom is -0.293 e. The third-order valence-electron chi connectivity index (χ3n) is 2.50. The molecule has 0 N–H and O–H groups in total. The van der Waals surface area contributed by atoms with E-state index in [4.69, 9.17) is 11.6 Å². The molecule has 1 aromatic heterocycles. The molecule has 2 rings (SSSR count). The fourth-order valence-electron chi connectivity index (χ4n) is 1.62. The van der Waals surface area contributed by atoms with Crippen LogP contribution in [0.4, 0.5) is 0 Å². The molecule has 0 radical (unpaired) electrons. The molecule has 0 spiro atoms. The average molecular weight is 281 g/mol. The lowest BCUT2D eigenvalue weighted by atomic mass is 10.1. The van der Waals surface area contributed by atoms with Crippen LogP contribution in [0.2, 0.25) is 5.02 Å². The number of ketones is 1. The number of thiazole rings is 1. The van der Waals surface area contributed by atoms with Crippen molar-refractivity contribution in [3.63, 3.8) is 0 Å². The molecule has 0 saturated carbocycles. The maximum Gasteiger partial charge on any atom is 0.176 e. The zero-order chi connectivity index (χ0) is 13.0. The molecule has 5 heteroatoms. The average Bonchev–Trinajstić information content (AvgIpc) is 2.82. The van der Waals surface area contributed by atoms with Gasteiger partial charge in [0.1, 0.15) is 0 Å². The van der Waals surface area contributed by atoms with Crippen LogP contribution in [0.5, 0.6) is 0 Å². The van der Waals surface area contributed by atoms with Gasteiger partial charge in [0.15, 0.2) is 5.78 Å². The van der Waals surface area contributed by atoms with Crippen LogP contribution < -0.4 is 0 Å². The molecule has 1 heterocycles. The van der Waals surface area contributed by atoms with Gasteiger partial charge < -0.3 is 0 Å². The lowest BCUT2D eigenvalue weighted by Gasteiger charge is -2.14. The van der Waals surface area contributed by atoms with E-state index in [1.165, 1.54) is 0 Å². The predicted octanol–water partition coefficient (Wildman–Crippen LogP) is 3.11. The quantitative estimate of drug-likeness (QED) is 0.789. The molecule has 0 aliphatic rings. The molecule has 0 amide bonds. The number of likely N-dealkylation sites (N-methyl/N-ethyl adjacent to an activating group) is 1. The molecule has 94 valence electrons. The van der Waals surface area contributed by atoms with Crippen LogP contribution in [0.15, 0.2) is 35.2 Å². The Bertz CT molecular complexity index is 510. The van der Waals surface area contributed by atoms with Crippen molar-refractivity contribution in [2.75, 3.05) is 13.6 Å². The van der Waals surface area contributed by atoms with Crippen LogP contribution in [0, 0.1) is 0 Å². The van der Waals surface area contributed by atoms with Crippen molar-refractivity contribution in [1.29, 1.82) is 0 Å². The van der Waals surface area contributed by atoms with E-state index >= 15 is 0 Å². The van der Waals surface area contributed by atoms with Gasteiger partial charge in [-0.2, -0.15) is 0 Å². The van der Waals surface area contributed by atoms with Crippen molar-refractivity contribution in [1.82, 2.24) is 9.88 Å². The Kier molecular flexibility index (Phi) is 4.47. The molecule has 0 fully saturated rings. The van der Waals surface area contributed by atoms with Gasteiger partial charge in [0, 0.05) is 22.5 Å². The van der Waals surface area contributed by atoms with Gasteiger partial charge >= 0.3 is 0 Å². The minimum absolute atomic E-state index is 0.0874. The number of rotatable bonds is 5. The zero-order valence-corrected chi connectivity index (χ0v) is 11.5. The highest BCUT2D eigenvalue weighted by molar-refractivity contribution is 7.07. The van der Waals surface area contributed by atoms with E-state index in [9.17, 15) is 4.79 Å². The van der Waals surface area contributed by atoms with E-state index in [-0.39, 0.29) is 5.78 Å². The second-order valence-electron chi connectivity index (χ2n) is 4.08. The van der Waals surface area contributed by atoms with Crippen molar-refractivity contribution in [2.24, 2.45) is 0 Å². The molecule has 0 bridgehead atoms. The molecule has 0 saturated heterocycles. The Hall–Kier alpha value is -1.23. The van der Waals surface area contributed by atoms with E-state index in [0.717, 1.165) is 5.69 Å². The van der Waals surface area contributed by atoms with Gasteiger partial charge in [-0.15, -0.1) is 11.3 Å². The summed E-state index contributed by atoms with van der Waals surface area (Å²) in [6.45, 7) is 1.06. The summed E-state index contributed by atoms with van der Waals surface area (Å²) in [6, 6.07) is 6.97. The summed E-state index contributed by atoms with van der Waals surface area (Å²) in [4.78, 5) is 18.1. The smallest absolute Gasteiger partial charge is 0.176 e. The van der Waals surface area contributed by atoms with Gasteiger partial charge in [0.05, 0.1) is 17.7 Å². The second kappa shape index (κ2) is 6.09. The molecular weight excluding hydrogens is 268 g/mol. The Morgan fingerprint density at radius 1 is 1.39 bits per heavy atom. The summed E-state index contributed by atoms with van der Waals surface area (Å²) in [5, 5.41) is 2.63. The highest BCUT2D eigenvalue weighted by Crippen LogP contribution is 2.11. The van der Waals surface area contributed by atoms with Crippen molar-refractivity contribution < 1.29 is 4.79 Å². The van der Waals surface area contributed by atoms with E-state index in [2.05, 4.69) is 4.98 Å². The number of halogens is 1. The first-order chi connectivity index (χ1) is 8.65. The molecule has 0 atom stereocenters. The number of nitrogens with zero attached hydrogens (tertiary/aromatic N) is 2. The van der Waals surface area contributed by atoms with Crippen molar-refractivity contribution in [3.8, 4) is 0 Å². The summed E-state index contributed by atoms with van der Waals surface area (Å²) < 4.78 is 0. The van der Waals surface area contributed by atoms with E-state index in [0.29, 0.717) is 23.7 Å². The Morgan fingerprint density at radius 3 is 2.72 bits per heavy atom. The Labute approximate surface area is 115 Å². The first kappa shape index (κ1) is 13.2. The van der Waals surface area contributed by atoms with Gasteiger partial charge in [0.25, 0.3) is 0 Å². The third kappa shape index (κ3) is 3.63. The third-order valence-corrected chi connectivity index (χ3v) is 3.38. The monoisotopic (exact) mass is 280 g/mol. The maximum absolute atomic E-state index is 12.0. The van der Waals surface area contributed by atoms with E-state index < -0.39 is 0 Å². The highest BCUT2D eigenvalue weighted by Gasteiger charge is 2.10. The fourth-order valence-corrected chi connectivity index (χ4v) is 2.30. The van der Waals surface area contributed by atoms with Crippen molar-refractivity contribution in [2.45, 2.75) is 6.54 Å². The first-order valence-corrected chi connectivity index (χ1v) is 6.81. The molecule has 1 aromatic carbocycles. The topological polar surface area (TPSA) is 33.2 Å². The summed E-state index contributed by atoms with van der Waals surface area (Å²) in [7, 11) is 1.91. The molecule has 3 nitrogen and oxygen atoms in total. The number of carbonyl (C=O) groups is 1. The van der Waals surface area contributed by atoms with E-state index in [1.807, 2.05) is 17.3 Å². The zero-order valence-electron chi connectivity index (χ0n) is 9.97. The predicted molar refractivity (Wildman–Crippen MR) is 74.2 cm³/mol. The molecule has 18 heavy (non-hydrogen) atoms. The molecular formula is C13H13ClN2OS. The fraction of sp³-hybridized carbons (Fsp3) is 0.231. The van der Waals surface area contributed by atoms with Crippen molar-refractivity contribution in [3.05, 3.63) is 51.4 Å². The first-order valence-electron chi connectivity index (χ1n) is 5.49. The van der Waals surface area contributed by atoms with Gasteiger partial charge in [-0.25, -0.2) is 4.98 Å². The summed E-state index contributed by atoms with van der Waals surface area (Å²) >= 11 is 7.35. The van der Waals surface area contributed by atoms with Crippen LogP contribution in [0.3, 0.4) is 0 Å². The number of hydrogen-bond acceptors (Lipinski definition) is 4. The highest BCUT2D eigenvalue weighted by atomic mass is 35.5. The summed E-state index contributed by atoms with van der Waals surface area (Å²) in [6.07, 6.45) is 0. The molecule has 2 aromatic rings. The second-order valence-corrected chi connectivity index (χ2v) is 5.24. The molecule has 0 aliphatic heterocycles. The standard InChI is InChI=1S/C13H13ClN2OS/c1-16(6-12-8-18-9-15-12)7-13(17)10-2-4-11(14)5-3-10/h2-5,8-9H,6-7H2,1H3. The van der Waals surface area contributed by atoms with Crippen molar-refractivity contribution >= 4 is 28.7 Å². The molecule has 0 aliphatic carbocycles. The Balaban J connectivity index is 1.92. The lowest BCUT2D eigenvalue weighted by Crippen LogP contribution is -2.25. The number of benzene rings is 1. The van der Waals surface area contributed by atoms with E-state index in [1.54, 1.807) is 41.1 Å². The Morgan fingerprint density at radius 2 is 2.11 bits per heavy atom. The van der Waals surface area contributed by atoms with Gasteiger partial charge in [-0.3, -0.25) is 9.69 Å². The minimum atomic E-state index is 0.0874. The van der Waals surface area contributed by atoms with Crippen LogP contribution in [-0.4, -0.2) is 29.3 Å². The number of hydrogen-bond donors (Lipinski definition) is 0. The summed E-state index contributed by atoms with van der Waals surface area (Å²) in [5.74, 6) is 0.0874. The molecule has 0 unspecified atom stereocenters. The lowest BCUT2D eigenvalue weighted by molar-refractivity contribution is 0.0942. The SMILES string of the molecule is CN(CC(=O)c1ccc(Cl)cc1)Cc1cscn1. The van der Waals surface area contributed by atoms with Crippen LogP contribution >= 0.6 is 22.9 Å². The van der Waals surface area contributed by atoms with Crippen LogP contribution in [-0.2, 0) is 6.54 Å². The van der Waals surface area contributed by atoms with Gasteiger partial charge in [-0.1, -0.05) is 11.6 Å². The van der Waals surface area contributed by atoms with Crippen LogP contribution in [0.1, 0.15) is 16.1 Å². The normalized spacial score (nSPS) is 10.8. The van der Waals surface area contributed by atoms with Gasteiger partial charge in [0.2, 0.25) is 0 Å². The number of aromatic nitrogens is 1.